The summed E-state index contributed by atoms with van der Waals surface area (Å²) >= 11 is 3.52. The first-order valence-electron chi connectivity index (χ1n) is 10.8. The molecule has 1 heteroatoms. The van der Waals surface area contributed by atoms with Crippen LogP contribution in [0.25, 0.3) is 0 Å². The Morgan fingerprint density at radius 1 is 0.963 bits per heavy atom. The average Bonchev–Trinajstić information content (AvgIpc) is 2.72. The lowest BCUT2D eigenvalue weighted by Crippen LogP contribution is -1.97. The van der Waals surface area contributed by atoms with Gasteiger partial charge in [0.2, 0.25) is 0 Å². The Kier molecular flexibility index (Phi) is 22.1. The molecule has 0 aliphatic carbocycles. The molecule has 0 radical (unpaired) electrons. The predicted molar refractivity (Wildman–Crippen MR) is 131 cm³/mol. The Hall–Kier alpha value is -1.08. The lowest BCUT2D eigenvalue weighted by atomic mass is 9.91. The zero-order valence-corrected chi connectivity index (χ0v) is 20.5. The van der Waals surface area contributed by atoms with Crippen molar-refractivity contribution < 1.29 is 0 Å². The quantitative estimate of drug-likeness (QED) is 0.339. The largest absolute Gasteiger partial charge is 0.0876 e. The zero-order chi connectivity index (χ0) is 20.9. The Morgan fingerprint density at radius 3 is 1.96 bits per heavy atom. The van der Waals surface area contributed by atoms with Crippen LogP contribution in [0.3, 0.4) is 0 Å². The molecule has 0 aromatic heterocycles. The van der Waals surface area contributed by atoms with E-state index in [1.54, 1.807) is 0 Å². The van der Waals surface area contributed by atoms with Gasteiger partial charge in [-0.25, -0.2) is 0 Å². The lowest BCUT2D eigenvalue weighted by Gasteiger charge is -2.15. The summed E-state index contributed by atoms with van der Waals surface area (Å²) in [7, 11) is 0. The van der Waals surface area contributed by atoms with Crippen LogP contribution in [-0.4, -0.2) is 0 Å². The van der Waals surface area contributed by atoms with E-state index in [4.69, 9.17) is 0 Å². The highest BCUT2D eigenvalue weighted by atomic mass is 79.9. The van der Waals surface area contributed by atoms with Crippen LogP contribution in [0.4, 0.5) is 0 Å². The summed E-state index contributed by atoms with van der Waals surface area (Å²) in [6.07, 6.45) is 16.0. The van der Waals surface area contributed by atoms with Crippen LogP contribution in [-0.2, 0) is 0 Å². The van der Waals surface area contributed by atoms with Gasteiger partial charge >= 0.3 is 0 Å². The fourth-order valence-corrected chi connectivity index (χ4v) is 2.98. The fraction of sp³-hybridized carbons (Fsp3) is 0.538. The maximum Gasteiger partial charge on any atom is 0.0201 e. The minimum atomic E-state index is 0.788. The molecule has 0 saturated carbocycles. The second kappa shape index (κ2) is 21.2. The summed E-state index contributed by atoms with van der Waals surface area (Å²) in [5.74, 6) is 0.788. The van der Waals surface area contributed by atoms with Gasteiger partial charge < -0.3 is 0 Å². The molecule has 0 aliphatic rings. The Balaban J connectivity index is 0. The topological polar surface area (TPSA) is 0 Å². The van der Waals surface area contributed by atoms with Gasteiger partial charge in [-0.15, -0.1) is 0 Å². The molecule has 0 heterocycles. The number of allylic oxidation sites excluding steroid dienone is 6. The van der Waals surface area contributed by atoms with E-state index in [0.717, 1.165) is 12.3 Å². The molecule has 1 aromatic carbocycles. The zero-order valence-electron chi connectivity index (χ0n) is 18.9. The number of rotatable bonds is 9. The van der Waals surface area contributed by atoms with Gasteiger partial charge in [0.05, 0.1) is 0 Å². The molecule has 0 aliphatic heterocycles. The third-order valence-corrected chi connectivity index (χ3v) is 4.99. The second-order valence-corrected chi connectivity index (χ2v) is 7.26. The maximum absolute atomic E-state index is 3.52. The first-order valence-corrected chi connectivity index (χ1v) is 11.6. The summed E-state index contributed by atoms with van der Waals surface area (Å²) in [5.41, 5.74) is 2.83. The SMILES string of the molecule is CC.CCCC(CCC)c1ccccc1.C\C=C/C=C(Br)\C(C)=C\CCC. The lowest BCUT2D eigenvalue weighted by molar-refractivity contribution is 0.561. The molecule has 0 unspecified atom stereocenters. The predicted octanol–water partition coefficient (Wildman–Crippen LogP) is 9.98. The van der Waals surface area contributed by atoms with E-state index in [1.165, 1.54) is 47.7 Å². The number of hydrogen-bond acceptors (Lipinski definition) is 0. The maximum atomic E-state index is 3.52. The van der Waals surface area contributed by atoms with Crippen molar-refractivity contribution in [2.75, 3.05) is 0 Å². The van der Waals surface area contributed by atoms with E-state index < -0.39 is 0 Å². The van der Waals surface area contributed by atoms with Crippen molar-refractivity contribution in [3.8, 4) is 0 Å². The van der Waals surface area contributed by atoms with Gasteiger partial charge in [0.1, 0.15) is 0 Å². The molecule has 0 fully saturated rings. The molecule has 0 saturated heterocycles. The number of hydrogen-bond donors (Lipinski definition) is 0. The molecule has 0 N–H and O–H groups in total. The summed E-state index contributed by atoms with van der Waals surface area (Å²) in [4.78, 5) is 0. The van der Waals surface area contributed by atoms with Gasteiger partial charge in [-0.2, -0.15) is 0 Å². The molecule has 1 aromatic rings. The van der Waals surface area contributed by atoms with Crippen LogP contribution in [0.15, 0.2) is 64.7 Å². The molecule has 0 nitrogen and oxygen atoms in total. The van der Waals surface area contributed by atoms with Gasteiger partial charge in [-0.1, -0.05) is 118 Å². The third-order valence-electron chi connectivity index (χ3n) is 4.10. The van der Waals surface area contributed by atoms with Crippen molar-refractivity contribution in [3.63, 3.8) is 0 Å². The van der Waals surface area contributed by atoms with E-state index in [2.05, 4.69) is 86.1 Å². The molecule has 27 heavy (non-hydrogen) atoms. The van der Waals surface area contributed by atoms with Crippen molar-refractivity contribution >= 4 is 15.9 Å². The second-order valence-electron chi connectivity index (χ2n) is 6.40. The summed E-state index contributed by atoms with van der Waals surface area (Å²) in [6, 6.07) is 10.9. The van der Waals surface area contributed by atoms with Crippen molar-refractivity contribution in [2.24, 2.45) is 0 Å². The van der Waals surface area contributed by atoms with Crippen molar-refractivity contribution in [3.05, 3.63) is 70.3 Å². The Morgan fingerprint density at radius 2 is 1.52 bits per heavy atom. The minimum absolute atomic E-state index is 0.788. The summed E-state index contributed by atoms with van der Waals surface area (Å²) in [5, 5.41) is 0. The van der Waals surface area contributed by atoms with Crippen molar-refractivity contribution in [1.29, 1.82) is 0 Å². The van der Waals surface area contributed by atoms with Gasteiger partial charge in [-0.05, 0) is 56.2 Å². The molecule has 0 spiro atoms. The van der Waals surface area contributed by atoms with Gasteiger partial charge in [0.15, 0.2) is 0 Å². The summed E-state index contributed by atoms with van der Waals surface area (Å²) < 4.78 is 1.18. The van der Waals surface area contributed by atoms with Crippen LogP contribution < -0.4 is 0 Å². The monoisotopic (exact) mass is 434 g/mol. The molecular formula is C26H43Br. The van der Waals surface area contributed by atoms with Crippen LogP contribution in [0.1, 0.15) is 98.5 Å². The van der Waals surface area contributed by atoms with Gasteiger partial charge in [0, 0.05) is 4.48 Å². The molecule has 0 atom stereocenters. The smallest absolute Gasteiger partial charge is 0.0201 e. The van der Waals surface area contributed by atoms with E-state index in [9.17, 15) is 0 Å². The highest BCUT2D eigenvalue weighted by molar-refractivity contribution is 9.12. The van der Waals surface area contributed by atoms with Crippen molar-refractivity contribution in [2.45, 2.75) is 92.9 Å². The van der Waals surface area contributed by atoms with E-state index >= 15 is 0 Å². The standard InChI is InChI=1S/C13H20.C11H17Br.C2H6/c1-3-8-12(9-4-2)13-10-6-5-7-11-13;1-4-6-8-10(3)11(12)9-7-5-2;1-2/h5-7,10-12H,3-4,8-9H2,1-2H3;5,7-9H,4,6H2,1-3H3;1-2H3/b;7-5-,10-8+,11-9+;. The highest BCUT2D eigenvalue weighted by Crippen LogP contribution is 2.25. The highest BCUT2D eigenvalue weighted by Gasteiger charge is 2.07. The Labute approximate surface area is 179 Å². The average molecular weight is 436 g/mol. The number of unbranched alkanes of at least 4 members (excludes halogenated alkanes) is 1. The van der Waals surface area contributed by atoms with Crippen LogP contribution in [0.2, 0.25) is 0 Å². The summed E-state index contributed by atoms with van der Waals surface area (Å²) in [6.45, 7) is 14.9. The van der Waals surface area contributed by atoms with Crippen LogP contribution >= 0.6 is 15.9 Å². The molecule has 154 valence electrons. The van der Waals surface area contributed by atoms with Gasteiger partial charge in [-0.3, -0.25) is 0 Å². The molecule has 0 bridgehead atoms. The molecule has 0 amide bonds. The van der Waals surface area contributed by atoms with Crippen LogP contribution in [0.5, 0.6) is 0 Å². The van der Waals surface area contributed by atoms with E-state index in [-0.39, 0.29) is 0 Å². The van der Waals surface area contributed by atoms with E-state index in [1.807, 2.05) is 32.9 Å². The molecular weight excluding hydrogens is 392 g/mol. The molecule has 1 rings (SSSR count). The fourth-order valence-electron chi connectivity index (χ4n) is 2.67. The third kappa shape index (κ3) is 15.7. The first kappa shape index (κ1) is 28.1. The van der Waals surface area contributed by atoms with Crippen LogP contribution in [0, 0.1) is 0 Å². The Bertz CT molecular complexity index is 502. The van der Waals surface area contributed by atoms with Gasteiger partial charge in [0.25, 0.3) is 0 Å². The number of halogens is 1. The van der Waals surface area contributed by atoms with Crippen molar-refractivity contribution in [1.82, 2.24) is 0 Å². The number of benzene rings is 1. The first-order chi connectivity index (χ1) is 13.1. The van der Waals surface area contributed by atoms with E-state index in [0.29, 0.717) is 0 Å². The normalized spacial score (nSPS) is 11.7. The minimum Gasteiger partial charge on any atom is -0.0876 e.